The minimum Gasteiger partial charge on any atom is -0.308 e. The molecule has 0 N–H and O–H groups in total. The molecule has 0 aromatic heterocycles. The van der Waals surface area contributed by atoms with Crippen LogP contribution < -0.4 is 0 Å². The highest BCUT2D eigenvalue weighted by Crippen LogP contribution is 2.24. The summed E-state index contributed by atoms with van der Waals surface area (Å²) in [6.07, 6.45) is 0. The molecule has 1 aliphatic heterocycles. The Morgan fingerprint density at radius 2 is 1.91 bits per heavy atom. The zero-order chi connectivity index (χ0) is 15.9. The van der Waals surface area contributed by atoms with Gasteiger partial charge in [-0.1, -0.05) is 11.6 Å². The van der Waals surface area contributed by atoms with Gasteiger partial charge in [0.1, 0.15) is 0 Å². The van der Waals surface area contributed by atoms with Gasteiger partial charge >= 0.3 is 0 Å². The first-order chi connectivity index (χ1) is 10.6. The molecular weight excluding hydrogens is 316 g/mol. The Bertz CT molecular complexity index is 535. The number of likely N-dealkylation sites (N-methyl/N-ethyl adjacent to an activating group) is 1. The summed E-state index contributed by atoms with van der Waals surface area (Å²) in [5.41, 5.74) is 1.92. The van der Waals surface area contributed by atoms with Crippen molar-refractivity contribution in [1.82, 2.24) is 14.7 Å². The van der Waals surface area contributed by atoms with Gasteiger partial charge in [-0.05, 0) is 50.1 Å². The minimum atomic E-state index is 0.790. The van der Waals surface area contributed by atoms with Crippen molar-refractivity contribution in [3.8, 4) is 0 Å². The first-order valence-electron chi connectivity index (χ1n) is 7.54. The minimum absolute atomic E-state index is 0.790. The van der Waals surface area contributed by atoms with Crippen molar-refractivity contribution >= 4 is 34.7 Å². The van der Waals surface area contributed by atoms with E-state index in [-0.39, 0.29) is 0 Å². The van der Waals surface area contributed by atoms with Crippen LogP contribution in [0.3, 0.4) is 0 Å². The molecule has 0 radical (unpaired) electrons. The molecule has 0 unspecified atom stereocenters. The first-order valence-corrected chi connectivity index (χ1v) is 8.33. The lowest BCUT2D eigenvalue weighted by Gasteiger charge is -2.35. The van der Waals surface area contributed by atoms with Crippen molar-refractivity contribution < 1.29 is 0 Å². The quantitative estimate of drug-likeness (QED) is 0.587. The number of halogens is 1. The number of rotatable bonds is 6. The molecule has 2 rings (SSSR count). The third-order valence-electron chi connectivity index (χ3n) is 3.93. The summed E-state index contributed by atoms with van der Waals surface area (Å²) in [6.45, 7) is 7.49. The first kappa shape index (κ1) is 17.5. The molecule has 1 aliphatic rings. The van der Waals surface area contributed by atoms with E-state index in [4.69, 9.17) is 11.6 Å². The molecule has 6 heteroatoms. The number of thiocarbonyl (C=S) groups is 1. The second-order valence-corrected chi connectivity index (χ2v) is 6.49. The number of benzene rings is 1. The third kappa shape index (κ3) is 5.43. The smallest absolute Gasteiger partial charge is 0.0743 e. The van der Waals surface area contributed by atoms with Crippen LogP contribution in [0.2, 0.25) is 5.02 Å². The van der Waals surface area contributed by atoms with Crippen LogP contribution in [0.5, 0.6) is 0 Å². The van der Waals surface area contributed by atoms with E-state index in [1.165, 1.54) is 0 Å². The van der Waals surface area contributed by atoms with Crippen molar-refractivity contribution in [3.05, 3.63) is 28.8 Å². The van der Waals surface area contributed by atoms with E-state index in [9.17, 15) is 0 Å². The maximum Gasteiger partial charge on any atom is 0.0743 e. The second kappa shape index (κ2) is 8.73. The van der Waals surface area contributed by atoms with Crippen molar-refractivity contribution in [2.45, 2.75) is 6.54 Å². The number of nitrogens with zero attached hydrogens (tertiary/aromatic N) is 4. The Balaban J connectivity index is 1.88. The Hall–Kier alpha value is -0.810. The molecule has 4 nitrogen and oxygen atoms in total. The lowest BCUT2D eigenvalue weighted by Crippen LogP contribution is -2.47. The third-order valence-corrected chi connectivity index (χ3v) is 4.39. The SMILES string of the molecule is CN(C)CCN1CCN(Cc2cc(N=C=S)ccc2Cl)CC1. The molecule has 0 bridgehead atoms. The second-order valence-electron chi connectivity index (χ2n) is 5.90. The molecule has 1 saturated heterocycles. The Morgan fingerprint density at radius 1 is 1.23 bits per heavy atom. The summed E-state index contributed by atoms with van der Waals surface area (Å²) in [5, 5.41) is 3.19. The lowest BCUT2D eigenvalue weighted by atomic mass is 10.1. The van der Waals surface area contributed by atoms with Gasteiger partial charge in [0.2, 0.25) is 0 Å². The topological polar surface area (TPSA) is 22.1 Å². The summed E-state index contributed by atoms with van der Waals surface area (Å²) in [6, 6.07) is 5.75. The van der Waals surface area contributed by atoms with Gasteiger partial charge in [0.15, 0.2) is 0 Å². The van der Waals surface area contributed by atoms with E-state index in [2.05, 4.69) is 51.2 Å². The molecule has 0 aliphatic carbocycles. The normalized spacial score (nSPS) is 16.7. The number of hydrogen-bond donors (Lipinski definition) is 0. The molecule has 0 amide bonds. The molecule has 1 aromatic rings. The summed E-state index contributed by atoms with van der Waals surface area (Å²) in [5.74, 6) is 0. The predicted molar refractivity (Wildman–Crippen MR) is 96.4 cm³/mol. The highest BCUT2D eigenvalue weighted by atomic mass is 35.5. The van der Waals surface area contributed by atoms with E-state index < -0.39 is 0 Å². The van der Waals surface area contributed by atoms with Crippen LogP contribution in [0.25, 0.3) is 0 Å². The van der Waals surface area contributed by atoms with E-state index >= 15 is 0 Å². The molecule has 120 valence electrons. The van der Waals surface area contributed by atoms with Gasteiger partial charge in [-0.25, -0.2) is 0 Å². The van der Waals surface area contributed by atoms with Crippen molar-refractivity contribution in [2.75, 3.05) is 53.4 Å². The van der Waals surface area contributed by atoms with Crippen LogP contribution in [0.4, 0.5) is 5.69 Å². The average Bonchev–Trinajstić information content (AvgIpc) is 2.50. The van der Waals surface area contributed by atoms with E-state index in [0.29, 0.717) is 0 Å². The fraction of sp³-hybridized carbons (Fsp3) is 0.562. The zero-order valence-electron chi connectivity index (χ0n) is 13.3. The van der Waals surface area contributed by atoms with E-state index in [0.717, 1.165) is 62.1 Å². The Labute approximate surface area is 143 Å². The van der Waals surface area contributed by atoms with Crippen LogP contribution in [0.15, 0.2) is 23.2 Å². The van der Waals surface area contributed by atoms with Crippen LogP contribution in [-0.4, -0.2) is 73.2 Å². The maximum atomic E-state index is 6.30. The van der Waals surface area contributed by atoms with Crippen LogP contribution in [0.1, 0.15) is 5.56 Å². The van der Waals surface area contributed by atoms with Crippen molar-refractivity contribution in [3.63, 3.8) is 0 Å². The standard InChI is InChI=1S/C16H23ClN4S/c1-19(2)5-6-20-7-9-21(10-8-20)12-14-11-15(18-13-22)3-4-16(14)17/h3-4,11H,5-10,12H2,1-2H3. The molecular formula is C16H23ClN4S. The zero-order valence-corrected chi connectivity index (χ0v) is 14.8. The van der Waals surface area contributed by atoms with Gasteiger partial charge in [-0.3, -0.25) is 9.80 Å². The Kier molecular flexibility index (Phi) is 6.96. The highest BCUT2D eigenvalue weighted by molar-refractivity contribution is 7.78. The summed E-state index contributed by atoms with van der Waals surface area (Å²) in [7, 11) is 4.24. The monoisotopic (exact) mass is 338 g/mol. The van der Waals surface area contributed by atoms with Crippen LogP contribution in [-0.2, 0) is 6.54 Å². The Morgan fingerprint density at radius 3 is 2.55 bits per heavy atom. The summed E-state index contributed by atoms with van der Waals surface area (Å²) >= 11 is 11.0. The molecule has 0 spiro atoms. The van der Waals surface area contributed by atoms with Gasteiger partial charge in [0, 0.05) is 50.8 Å². The lowest BCUT2D eigenvalue weighted by molar-refractivity contribution is 0.120. The molecule has 1 heterocycles. The summed E-state index contributed by atoms with van der Waals surface area (Å²) < 4.78 is 0. The van der Waals surface area contributed by atoms with Gasteiger partial charge in [0.05, 0.1) is 10.8 Å². The van der Waals surface area contributed by atoms with Crippen molar-refractivity contribution in [2.24, 2.45) is 4.99 Å². The molecule has 1 aromatic carbocycles. The van der Waals surface area contributed by atoms with Gasteiger partial charge < -0.3 is 4.90 Å². The molecule has 0 saturated carbocycles. The number of aliphatic imine (C=N–C) groups is 1. The largest absolute Gasteiger partial charge is 0.308 e. The van der Waals surface area contributed by atoms with Gasteiger partial charge in [-0.2, -0.15) is 4.99 Å². The summed E-state index contributed by atoms with van der Waals surface area (Å²) in [4.78, 5) is 11.2. The highest BCUT2D eigenvalue weighted by Gasteiger charge is 2.17. The predicted octanol–water partition coefficient (Wildman–Crippen LogP) is 2.75. The average molecular weight is 339 g/mol. The van der Waals surface area contributed by atoms with Crippen LogP contribution in [0, 0.1) is 0 Å². The fourth-order valence-corrected chi connectivity index (χ4v) is 2.84. The van der Waals surface area contributed by atoms with Crippen molar-refractivity contribution in [1.29, 1.82) is 0 Å². The molecule has 0 atom stereocenters. The van der Waals surface area contributed by atoms with Gasteiger partial charge in [-0.15, -0.1) is 0 Å². The van der Waals surface area contributed by atoms with Gasteiger partial charge in [0.25, 0.3) is 0 Å². The fourth-order valence-electron chi connectivity index (χ4n) is 2.56. The van der Waals surface area contributed by atoms with E-state index in [1.807, 2.05) is 18.2 Å². The molecule has 22 heavy (non-hydrogen) atoms. The number of isothiocyanates is 1. The molecule has 1 fully saturated rings. The van der Waals surface area contributed by atoms with E-state index in [1.54, 1.807) is 0 Å². The van der Waals surface area contributed by atoms with Crippen LogP contribution >= 0.6 is 23.8 Å². The maximum absolute atomic E-state index is 6.30. The number of piperazine rings is 1. The number of hydrogen-bond acceptors (Lipinski definition) is 5.